The van der Waals surface area contributed by atoms with Crippen LogP contribution in [0.2, 0.25) is 0 Å². The molecule has 1 aromatic rings. The van der Waals surface area contributed by atoms with Gasteiger partial charge in [-0.3, -0.25) is 4.99 Å². The highest BCUT2D eigenvalue weighted by molar-refractivity contribution is 5.80. The SMILES string of the molecule is CN=C(NCCCOC1CCOCC1)NC1CCCN(c2ccccc2)C1. The first-order chi connectivity index (χ1) is 13.3. The Morgan fingerprint density at radius 2 is 2.04 bits per heavy atom. The first kappa shape index (κ1) is 20.0. The van der Waals surface area contributed by atoms with Crippen LogP contribution in [0.3, 0.4) is 0 Å². The third-order valence-corrected chi connectivity index (χ3v) is 5.24. The Morgan fingerprint density at radius 3 is 2.81 bits per heavy atom. The monoisotopic (exact) mass is 374 g/mol. The van der Waals surface area contributed by atoms with Gasteiger partial charge in [-0.25, -0.2) is 0 Å². The van der Waals surface area contributed by atoms with E-state index >= 15 is 0 Å². The molecule has 1 atom stereocenters. The van der Waals surface area contributed by atoms with Gasteiger partial charge in [-0.15, -0.1) is 0 Å². The van der Waals surface area contributed by atoms with Crippen molar-refractivity contribution >= 4 is 11.6 Å². The fraction of sp³-hybridized carbons (Fsp3) is 0.667. The molecule has 2 aliphatic heterocycles. The summed E-state index contributed by atoms with van der Waals surface area (Å²) in [5.74, 6) is 0.890. The van der Waals surface area contributed by atoms with Gasteiger partial charge in [-0.2, -0.15) is 0 Å². The molecule has 0 radical (unpaired) electrons. The van der Waals surface area contributed by atoms with Crippen LogP contribution in [0, 0.1) is 0 Å². The summed E-state index contributed by atoms with van der Waals surface area (Å²) in [6.45, 7) is 5.47. The summed E-state index contributed by atoms with van der Waals surface area (Å²) in [6.07, 6.45) is 5.78. The van der Waals surface area contributed by atoms with Crippen molar-refractivity contribution in [3.8, 4) is 0 Å². The molecule has 1 unspecified atom stereocenters. The Morgan fingerprint density at radius 1 is 1.22 bits per heavy atom. The maximum atomic E-state index is 5.92. The zero-order valence-corrected chi connectivity index (χ0v) is 16.5. The van der Waals surface area contributed by atoms with E-state index in [9.17, 15) is 0 Å². The summed E-state index contributed by atoms with van der Waals surface area (Å²) in [6, 6.07) is 11.1. The largest absolute Gasteiger partial charge is 0.381 e. The summed E-state index contributed by atoms with van der Waals surface area (Å²) in [5.41, 5.74) is 1.30. The number of para-hydroxylation sites is 1. The second-order valence-electron chi connectivity index (χ2n) is 7.30. The highest BCUT2D eigenvalue weighted by Gasteiger charge is 2.20. The predicted octanol–water partition coefficient (Wildman–Crippen LogP) is 2.41. The molecule has 6 nitrogen and oxygen atoms in total. The molecular weight excluding hydrogens is 340 g/mol. The summed E-state index contributed by atoms with van der Waals surface area (Å²) in [4.78, 5) is 6.84. The average Bonchev–Trinajstić information content (AvgIpc) is 2.74. The first-order valence-corrected chi connectivity index (χ1v) is 10.3. The van der Waals surface area contributed by atoms with Gasteiger partial charge in [0.05, 0.1) is 6.10 Å². The van der Waals surface area contributed by atoms with E-state index in [2.05, 4.69) is 50.9 Å². The number of ether oxygens (including phenoxy) is 2. The number of anilines is 1. The van der Waals surface area contributed by atoms with Gasteiger partial charge in [0.25, 0.3) is 0 Å². The number of aliphatic imine (C=N–C) groups is 1. The molecule has 0 aromatic heterocycles. The summed E-state index contributed by atoms with van der Waals surface area (Å²) in [7, 11) is 1.84. The normalized spacial score (nSPS) is 21.9. The molecule has 2 N–H and O–H groups in total. The number of nitrogens with one attached hydrogen (secondary N) is 2. The summed E-state index contributed by atoms with van der Waals surface area (Å²) in [5, 5.41) is 7.01. The van der Waals surface area contributed by atoms with Crippen LogP contribution in [0.4, 0.5) is 5.69 Å². The van der Waals surface area contributed by atoms with Crippen LogP contribution in [0.15, 0.2) is 35.3 Å². The van der Waals surface area contributed by atoms with Gasteiger partial charge in [0.15, 0.2) is 5.96 Å². The molecule has 3 rings (SSSR count). The van der Waals surface area contributed by atoms with Crippen LogP contribution >= 0.6 is 0 Å². The lowest BCUT2D eigenvalue weighted by atomic mass is 10.1. The van der Waals surface area contributed by atoms with Crippen LogP contribution in [0.1, 0.15) is 32.1 Å². The van der Waals surface area contributed by atoms with E-state index in [0.29, 0.717) is 12.1 Å². The number of rotatable bonds is 7. The molecule has 0 aliphatic carbocycles. The maximum Gasteiger partial charge on any atom is 0.191 e. The van der Waals surface area contributed by atoms with Gasteiger partial charge in [-0.05, 0) is 44.2 Å². The van der Waals surface area contributed by atoms with Crippen molar-refractivity contribution in [2.75, 3.05) is 51.4 Å². The topological polar surface area (TPSA) is 58.1 Å². The lowest BCUT2D eigenvalue weighted by molar-refractivity contribution is -0.0320. The Hall–Kier alpha value is -1.79. The molecule has 0 saturated carbocycles. The fourth-order valence-electron chi connectivity index (χ4n) is 3.73. The van der Waals surface area contributed by atoms with E-state index in [-0.39, 0.29) is 0 Å². The molecule has 0 amide bonds. The third kappa shape index (κ3) is 6.70. The molecule has 2 heterocycles. The lowest BCUT2D eigenvalue weighted by Gasteiger charge is -2.35. The molecular formula is C21H34N4O2. The molecule has 27 heavy (non-hydrogen) atoms. The van der Waals surface area contributed by atoms with Gasteiger partial charge in [-0.1, -0.05) is 18.2 Å². The molecule has 2 aliphatic rings. The van der Waals surface area contributed by atoms with E-state index in [1.54, 1.807) is 0 Å². The number of benzene rings is 1. The highest BCUT2D eigenvalue weighted by atomic mass is 16.5. The Bertz CT molecular complexity index is 561. The van der Waals surface area contributed by atoms with Gasteiger partial charge in [0.1, 0.15) is 0 Å². The van der Waals surface area contributed by atoms with Crippen molar-refractivity contribution in [3.63, 3.8) is 0 Å². The second-order valence-corrected chi connectivity index (χ2v) is 7.30. The number of piperidine rings is 1. The molecule has 150 valence electrons. The molecule has 2 saturated heterocycles. The van der Waals surface area contributed by atoms with E-state index in [4.69, 9.17) is 9.47 Å². The van der Waals surface area contributed by atoms with Gasteiger partial charge in [0, 0.05) is 58.2 Å². The van der Waals surface area contributed by atoms with Crippen molar-refractivity contribution in [3.05, 3.63) is 30.3 Å². The molecule has 6 heteroatoms. The summed E-state index contributed by atoms with van der Waals surface area (Å²) >= 11 is 0. The predicted molar refractivity (Wildman–Crippen MR) is 111 cm³/mol. The Labute approximate surface area is 163 Å². The zero-order chi connectivity index (χ0) is 18.7. The number of nitrogens with zero attached hydrogens (tertiary/aromatic N) is 2. The lowest BCUT2D eigenvalue weighted by Crippen LogP contribution is -2.51. The van der Waals surface area contributed by atoms with Gasteiger partial charge in [0.2, 0.25) is 0 Å². The van der Waals surface area contributed by atoms with Crippen LogP contribution in [-0.4, -0.2) is 64.6 Å². The van der Waals surface area contributed by atoms with E-state index < -0.39 is 0 Å². The van der Waals surface area contributed by atoms with Crippen LogP contribution < -0.4 is 15.5 Å². The minimum absolute atomic E-state index is 0.377. The number of hydrogen-bond acceptors (Lipinski definition) is 4. The van der Waals surface area contributed by atoms with E-state index in [1.165, 1.54) is 18.5 Å². The Kier molecular flexibility index (Phi) is 8.24. The summed E-state index contributed by atoms with van der Waals surface area (Å²) < 4.78 is 11.3. The smallest absolute Gasteiger partial charge is 0.191 e. The molecule has 0 bridgehead atoms. The number of guanidine groups is 1. The van der Waals surface area contributed by atoms with E-state index in [1.807, 2.05) is 7.05 Å². The average molecular weight is 375 g/mol. The maximum absolute atomic E-state index is 5.92. The molecule has 2 fully saturated rings. The minimum atomic E-state index is 0.377. The molecule has 0 spiro atoms. The fourth-order valence-corrected chi connectivity index (χ4v) is 3.73. The third-order valence-electron chi connectivity index (χ3n) is 5.24. The van der Waals surface area contributed by atoms with Crippen LogP contribution in [0.5, 0.6) is 0 Å². The van der Waals surface area contributed by atoms with Crippen LogP contribution in [0.25, 0.3) is 0 Å². The highest BCUT2D eigenvalue weighted by Crippen LogP contribution is 2.19. The Balaban J connectivity index is 1.34. The van der Waals surface area contributed by atoms with Gasteiger partial charge < -0.3 is 25.0 Å². The van der Waals surface area contributed by atoms with E-state index in [0.717, 1.165) is 64.7 Å². The van der Waals surface area contributed by atoms with Crippen molar-refractivity contribution in [1.29, 1.82) is 0 Å². The zero-order valence-electron chi connectivity index (χ0n) is 16.5. The molecule has 1 aromatic carbocycles. The first-order valence-electron chi connectivity index (χ1n) is 10.3. The minimum Gasteiger partial charge on any atom is -0.381 e. The quantitative estimate of drug-likeness (QED) is 0.436. The standard InChI is InChI=1S/C21H34N4O2/c1-22-21(23-12-6-14-27-20-10-15-26-16-11-20)24-18-7-5-13-25(17-18)19-8-3-2-4-9-19/h2-4,8-9,18,20H,5-7,10-17H2,1H3,(H2,22,23,24). The van der Waals surface area contributed by atoms with Crippen molar-refractivity contribution < 1.29 is 9.47 Å². The second kappa shape index (κ2) is 11.1. The van der Waals surface area contributed by atoms with Crippen molar-refractivity contribution in [2.45, 2.75) is 44.2 Å². The van der Waals surface area contributed by atoms with Crippen LogP contribution in [-0.2, 0) is 9.47 Å². The number of hydrogen-bond donors (Lipinski definition) is 2. The van der Waals surface area contributed by atoms with Crippen molar-refractivity contribution in [1.82, 2.24) is 10.6 Å². The van der Waals surface area contributed by atoms with Gasteiger partial charge >= 0.3 is 0 Å². The van der Waals surface area contributed by atoms with Crippen molar-refractivity contribution in [2.24, 2.45) is 4.99 Å².